The van der Waals surface area contributed by atoms with Gasteiger partial charge < -0.3 is 14.6 Å². The zero-order valence-corrected chi connectivity index (χ0v) is 10.5. The number of methoxy groups -OCH3 is 2. The Hall–Kier alpha value is -1.52. The van der Waals surface area contributed by atoms with E-state index in [9.17, 15) is 5.11 Å². The summed E-state index contributed by atoms with van der Waals surface area (Å²) < 4.78 is 10.4. The highest BCUT2D eigenvalue weighted by Gasteiger charge is 2.13. The van der Waals surface area contributed by atoms with E-state index in [1.807, 2.05) is 22.9 Å². The number of hydrogen-bond acceptors (Lipinski definition) is 4. The fourth-order valence-corrected chi connectivity index (χ4v) is 2.32. The van der Waals surface area contributed by atoms with Gasteiger partial charge in [-0.3, -0.25) is 0 Å². The number of aliphatic hydroxyl groups excluding tert-OH is 1. The third-order valence-electron chi connectivity index (χ3n) is 2.58. The van der Waals surface area contributed by atoms with Crippen LogP contribution >= 0.6 is 11.3 Å². The summed E-state index contributed by atoms with van der Waals surface area (Å²) in [5.41, 5.74) is 1.68. The van der Waals surface area contributed by atoms with Gasteiger partial charge in [0.05, 0.1) is 14.2 Å². The van der Waals surface area contributed by atoms with Crippen LogP contribution in [0.5, 0.6) is 11.5 Å². The third kappa shape index (κ3) is 2.43. The Bertz CT molecular complexity index is 479. The first kappa shape index (κ1) is 12.0. The normalized spacial score (nSPS) is 12.2. The van der Waals surface area contributed by atoms with Crippen LogP contribution < -0.4 is 9.47 Å². The lowest BCUT2D eigenvalue weighted by Crippen LogP contribution is -1.99. The first-order valence-electron chi connectivity index (χ1n) is 5.18. The maximum absolute atomic E-state index is 10.2. The predicted octanol–water partition coefficient (Wildman–Crippen LogP) is 2.85. The monoisotopic (exact) mass is 250 g/mol. The van der Waals surface area contributed by atoms with E-state index in [0.29, 0.717) is 11.5 Å². The maximum Gasteiger partial charge on any atom is 0.161 e. The van der Waals surface area contributed by atoms with Crippen LogP contribution in [-0.4, -0.2) is 19.3 Å². The lowest BCUT2D eigenvalue weighted by Gasteiger charge is -2.13. The molecule has 1 atom stereocenters. The Morgan fingerprint density at radius 2 is 1.82 bits per heavy atom. The van der Waals surface area contributed by atoms with Gasteiger partial charge in [-0.1, -0.05) is 6.07 Å². The Kier molecular flexibility index (Phi) is 3.66. The molecule has 4 heteroatoms. The summed E-state index contributed by atoms with van der Waals surface area (Å²) in [6.45, 7) is 0. The van der Waals surface area contributed by atoms with Gasteiger partial charge in [-0.2, -0.15) is 11.3 Å². The van der Waals surface area contributed by atoms with Crippen LogP contribution in [0.4, 0.5) is 0 Å². The number of thiophene rings is 1. The molecule has 2 rings (SSSR count). The molecule has 1 unspecified atom stereocenters. The largest absolute Gasteiger partial charge is 0.493 e. The van der Waals surface area contributed by atoms with E-state index >= 15 is 0 Å². The quantitative estimate of drug-likeness (QED) is 0.906. The summed E-state index contributed by atoms with van der Waals surface area (Å²) in [4.78, 5) is 0. The standard InChI is InChI=1S/C13H14O3S/c1-15-11-4-3-9(7-12(11)16-2)13(14)10-5-6-17-8-10/h3-8,13-14H,1-2H3. The molecule has 1 aromatic heterocycles. The van der Waals surface area contributed by atoms with Crippen LogP contribution in [0.15, 0.2) is 35.0 Å². The molecule has 3 nitrogen and oxygen atoms in total. The molecule has 0 saturated heterocycles. The molecule has 0 saturated carbocycles. The van der Waals surface area contributed by atoms with Crippen LogP contribution in [0, 0.1) is 0 Å². The molecule has 1 N–H and O–H groups in total. The van der Waals surface area contributed by atoms with Gasteiger partial charge in [0.2, 0.25) is 0 Å². The fourth-order valence-electron chi connectivity index (χ4n) is 1.65. The second kappa shape index (κ2) is 5.21. The van der Waals surface area contributed by atoms with Gasteiger partial charge in [0.1, 0.15) is 6.10 Å². The first-order chi connectivity index (χ1) is 8.26. The second-order valence-corrected chi connectivity index (χ2v) is 4.35. The van der Waals surface area contributed by atoms with E-state index in [0.717, 1.165) is 11.1 Å². The van der Waals surface area contributed by atoms with Crippen LogP contribution in [0.1, 0.15) is 17.2 Å². The molecule has 1 aromatic carbocycles. The van der Waals surface area contributed by atoms with E-state index in [4.69, 9.17) is 9.47 Å². The van der Waals surface area contributed by atoms with E-state index in [1.165, 1.54) is 0 Å². The number of ether oxygens (including phenoxy) is 2. The molecule has 0 fully saturated rings. The molecule has 1 heterocycles. The average molecular weight is 250 g/mol. The molecule has 0 aliphatic heterocycles. The first-order valence-corrected chi connectivity index (χ1v) is 6.12. The molecule has 90 valence electrons. The summed E-state index contributed by atoms with van der Waals surface area (Å²) in [5.74, 6) is 1.29. The van der Waals surface area contributed by atoms with Crippen molar-refractivity contribution in [1.29, 1.82) is 0 Å². The van der Waals surface area contributed by atoms with Crippen molar-refractivity contribution in [2.45, 2.75) is 6.10 Å². The topological polar surface area (TPSA) is 38.7 Å². The molecule has 0 aliphatic rings. The Labute approximate surface area is 104 Å². The molecule has 0 spiro atoms. The molecule has 0 radical (unpaired) electrons. The average Bonchev–Trinajstić information content (AvgIpc) is 2.90. The van der Waals surface area contributed by atoms with Crippen LogP contribution in [0.25, 0.3) is 0 Å². The van der Waals surface area contributed by atoms with Gasteiger partial charge in [0.15, 0.2) is 11.5 Å². The highest BCUT2D eigenvalue weighted by atomic mass is 32.1. The number of aliphatic hydroxyl groups is 1. The van der Waals surface area contributed by atoms with Crippen molar-refractivity contribution < 1.29 is 14.6 Å². The summed E-state index contributed by atoms with van der Waals surface area (Å²) >= 11 is 1.56. The number of benzene rings is 1. The molecule has 0 bridgehead atoms. The number of hydrogen-bond donors (Lipinski definition) is 1. The van der Waals surface area contributed by atoms with Crippen molar-refractivity contribution in [3.8, 4) is 11.5 Å². The van der Waals surface area contributed by atoms with Crippen molar-refractivity contribution in [3.63, 3.8) is 0 Å². The van der Waals surface area contributed by atoms with Crippen molar-refractivity contribution in [1.82, 2.24) is 0 Å². The van der Waals surface area contributed by atoms with E-state index in [1.54, 1.807) is 37.7 Å². The van der Waals surface area contributed by atoms with Crippen LogP contribution in [0.3, 0.4) is 0 Å². The maximum atomic E-state index is 10.2. The Balaban J connectivity index is 2.33. The molecule has 0 amide bonds. The van der Waals surface area contributed by atoms with Gasteiger partial charge in [0, 0.05) is 0 Å². The van der Waals surface area contributed by atoms with Gasteiger partial charge in [-0.05, 0) is 40.1 Å². The van der Waals surface area contributed by atoms with Crippen molar-refractivity contribution >= 4 is 11.3 Å². The van der Waals surface area contributed by atoms with Gasteiger partial charge in [-0.15, -0.1) is 0 Å². The summed E-state index contributed by atoms with van der Waals surface area (Å²) in [5, 5.41) is 14.1. The van der Waals surface area contributed by atoms with Crippen molar-refractivity contribution in [2.24, 2.45) is 0 Å². The third-order valence-corrected chi connectivity index (χ3v) is 3.28. The lowest BCUT2D eigenvalue weighted by atomic mass is 10.0. The SMILES string of the molecule is COc1ccc(C(O)c2ccsc2)cc1OC. The molecule has 17 heavy (non-hydrogen) atoms. The number of rotatable bonds is 4. The highest BCUT2D eigenvalue weighted by molar-refractivity contribution is 7.07. The van der Waals surface area contributed by atoms with Crippen LogP contribution in [0.2, 0.25) is 0 Å². The summed E-state index contributed by atoms with van der Waals surface area (Å²) in [6, 6.07) is 7.33. The van der Waals surface area contributed by atoms with Crippen molar-refractivity contribution in [3.05, 3.63) is 46.2 Å². The zero-order chi connectivity index (χ0) is 12.3. The van der Waals surface area contributed by atoms with Crippen LogP contribution in [-0.2, 0) is 0 Å². The minimum absolute atomic E-state index is 0.624. The predicted molar refractivity (Wildman–Crippen MR) is 67.9 cm³/mol. The smallest absolute Gasteiger partial charge is 0.161 e. The van der Waals surface area contributed by atoms with Crippen molar-refractivity contribution in [2.75, 3.05) is 14.2 Å². The van der Waals surface area contributed by atoms with Gasteiger partial charge in [0.25, 0.3) is 0 Å². The van der Waals surface area contributed by atoms with Gasteiger partial charge >= 0.3 is 0 Å². The Morgan fingerprint density at radius 1 is 1.06 bits per heavy atom. The fraction of sp³-hybridized carbons (Fsp3) is 0.231. The van der Waals surface area contributed by atoms with E-state index in [-0.39, 0.29) is 0 Å². The van der Waals surface area contributed by atoms with E-state index in [2.05, 4.69) is 0 Å². The molecule has 0 aliphatic carbocycles. The second-order valence-electron chi connectivity index (χ2n) is 3.57. The lowest BCUT2D eigenvalue weighted by molar-refractivity contribution is 0.220. The minimum Gasteiger partial charge on any atom is -0.493 e. The summed E-state index contributed by atoms with van der Waals surface area (Å²) in [6.07, 6.45) is -0.624. The van der Waals surface area contributed by atoms with Gasteiger partial charge in [-0.25, -0.2) is 0 Å². The minimum atomic E-state index is -0.624. The Morgan fingerprint density at radius 3 is 2.41 bits per heavy atom. The molecule has 2 aromatic rings. The molecular formula is C13H14O3S. The van der Waals surface area contributed by atoms with E-state index < -0.39 is 6.10 Å². The summed E-state index contributed by atoms with van der Waals surface area (Å²) in [7, 11) is 3.17. The zero-order valence-electron chi connectivity index (χ0n) is 9.71. The molecular weight excluding hydrogens is 236 g/mol. The highest BCUT2D eigenvalue weighted by Crippen LogP contribution is 2.32.